The maximum atomic E-state index is 10.1. The van der Waals surface area contributed by atoms with Crippen molar-refractivity contribution < 1.29 is 14.4 Å². The van der Waals surface area contributed by atoms with Crippen molar-refractivity contribution >= 4 is 7.12 Å². The van der Waals surface area contributed by atoms with Gasteiger partial charge in [-0.3, -0.25) is 0 Å². The summed E-state index contributed by atoms with van der Waals surface area (Å²) in [6.07, 6.45) is 5.29. The van der Waals surface area contributed by atoms with Crippen molar-refractivity contribution in [2.45, 2.75) is 57.7 Å². The van der Waals surface area contributed by atoms with Crippen molar-refractivity contribution in [3.63, 3.8) is 0 Å². The van der Waals surface area contributed by atoms with Gasteiger partial charge in [-0.05, 0) is 34.6 Å². The Kier molecular flexibility index (Phi) is 3.01. The molecule has 0 aromatic heterocycles. The summed E-state index contributed by atoms with van der Waals surface area (Å²) < 4.78 is 11.9. The zero-order chi connectivity index (χ0) is 12.8. The van der Waals surface area contributed by atoms with Gasteiger partial charge in [-0.15, -0.1) is 6.08 Å². The van der Waals surface area contributed by atoms with Gasteiger partial charge in [-0.1, -0.05) is 23.5 Å². The second-order valence-corrected chi connectivity index (χ2v) is 5.96. The number of rotatable bonds is 1. The Morgan fingerprint density at radius 2 is 1.71 bits per heavy atom. The van der Waals surface area contributed by atoms with E-state index >= 15 is 0 Å². The Morgan fingerprint density at radius 1 is 1.18 bits per heavy atom. The van der Waals surface area contributed by atoms with E-state index in [4.69, 9.17) is 9.31 Å². The molecule has 0 saturated carbocycles. The van der Waals surface area contributed by atoms with Crippen LogP contribution in [0.15, 0.2) is 23.8 Å². The summed E-state index contributed by atoms with van der Waals surface area (Å²) in [5.41, 5.74) is 0.383. The molecule has 0 aromatic rings. The molecule has 17 heavy (non-hydrogen) atoms. The highest BCUT2D eigenvalue weighted by atomic mass is 16.7. The number of allylic oxidation sites excluding steroid dienone is 2. The Bertz CT molecular complexity index is 355. The van der Waals surface area contributed by atoms with Crippen molar-refractivity contribution in [3.05, 3.63) is 23.8 Å². The van der Waals surface area contributed by atoms with Crippen molar-refractivity contribution in [3.8, 4) is 0 Å². The normalized spacial score (nSPS) is 36.0. The van der Waals surface area contributed by atoms with Crippen LogP contribution in [0, 0.1) is 0 Å². The first-order chi connectivity index (χ1) is 7.73. The first-order valence-electron chi connectivity index (χ1n) is 6.13. The summed E-state index contributed by atoms with van der Waals surface area (Å²) in [5.74, 6) is -0.125. The minimum Gasteiger partial charge on any atom is -0.583 e. The Hall–Kier alpha value is -0.575. The first-order valence-corrected chi connectivity index (χ1v) is 6.13. The van der Waals surface area contributed by atoms with Gasteiger partial charge < -0.3 is 14.4 Å². The largest absolute Gasteiger partial charge is 0.583 e. The Balaban J connectivity index is 2.15. The predicted octanol–water partition coefficient (Wildman–Crippen LogP) is 2.33. The minimum absolute atomic E-state index is 0.125. The van der Waals surface area contributed by atoms with Crippen molar-refractivity contribution in [2.24, 2.45) is 0 Å². The van der Waals surface area contributed by atoms with Crippen molar-refractivity contribution in [2.75, 3.05) is 0 Å². The van der Waals surface area contributed by atoms with E-state index in [9.17, 15) is 5.11 Å². The van der Waals surface area contributed by atoms with Gasteiger partial charge in [0, 0.05) is 17.3 Å². The highest BCUT2D eigenvalue weighted by Gasteiger charge is 2.44. The molecule has 4 heteroatoms. The van der Waals surface area contributed by atoms with Crippen LogP contribution in [-0.4, -0.2) is 29.5 Å². The van der Waals surface area contributed by atoms with Crippen molar-refractivity contribution in [1.82, 2.24) is 0 Å². The molecule has 0 amide bonds. The van der Waals surface area contributed by atoms with E-state index in [0.29, 0.717) is 0 Å². The van der Waals surface area contributed by atoms with Crippen molar-refractivity contribution in [1.29, 1.82) is 0 Å². The van der Waals surface area contributed by atoms with Gasteiger partial charge in [0.05, 0.1) is 0 Å². The SMILES string of the molecule is CC1=CC(O)C([B-]2OC(C)(C)C(C)(C)O2)C=C1. The number of aliphatic hydroxyl groups excluding tert-OH is 1. The summed E-state index contributed by atoms with van der Waals surface area (Å²) >= 11 is 0. The average molecular weight is 236 g/mol. The van der Waals surface area contributed by atoms with E-state index in [1.54, 1.807) is 0 Å². The zero-order valence-corrected chi connectivity index (χ0v) is 11.2. The van der Waals surface area contributed by atoms with Crippen LogP contribution in [0.5, 0.6) is 0 Å². The molecule has 2 unspecified atom stereocenters. The van der Waals surface area contributed by atoms with Crippen LogP contribution in [0.3, 0.4) is 0 Å². The lowest BCUT2D eigenvalue weighted by molar-refractivity contribution is 0.00578. The van der Waals surface area contributed by atoms with E-state index in [2.05, 4.69) is 0 Å². The molecule has 1 saturated heterocycles. The summed E-state index contributed by atoms with van der Waals surface area (Å²) in [6, 6.07) is 0. The molecule has 3 nitrogen and oxygen atoms in total. The van der Waals surface area contributed by atoms with Crippen LogP contribution in [0.25, 0.3) is 0 Å². The molecule has 1 aliphatic carbocycles. The minimum atomic E-state index is -0.533. The van der Waals surface area contributed by atoms with Gasteiger partial charge in [-0.25, -0.2) is 0 Å². The first kappa shape index (κ1) is 12.9. The van der Waals surface area contributed by atoms with Crippen LogP contribution in [-0.2, 0) is 9.31 Å². The number of aliphatic hydroxyl groups is 1. The van der Waals surface area contributed by atoms with Crippen LogP contribution >= 0.6 is 0 Å². The number of hydrogen-bond acceptors (Lipinski definition) is 3. The van der Waals surface area contributed by atoms with E-state index < -0.39 is 6.10 Å². The highest BCUT2D eigenvalue weighted by molar-refractivity contribution is 6.48. The van der Waals surface area contributed by atoms with E-state index in [0.717, 1.165) is 5.57 Å². The molecule has 1 N–H and O–H groups in total. The lowest BCUT2D eigenvalue weighted by Gasteiger charge is -2.37. The molecule has 1 aliphatic heterocycles. The fourth-order valence-electron chi connectivity index (χ4n) is 2.11. The fourth-order valence-corrected chi connectivity index (χ4v) is 2.11. The maximum absolute atomic E-state index is 10.1. The monoisotopic (exact) mass is 236 g/mol. The van der Waals surface area contributed by atoms with E-state index in [1.165, 1.54) is 0 Å². The second kappa shape index (κ2) is 3.97. The summed E-state index contributed by atoms with van der Waals surface area (Å²) in [4.78, 5) is 0. The summed E-state index contributed by atoms with van der Waals surface area (Å²) in [5, 5.41) is 10.1. The maximum Gasteiger partial charge on any atom is 0.150 e. The highest BCUT2D eigenvalue weighted by Crippen LogP contribution is 2.42. The molecule has 1 fully saturated rings. The van der Waals surface area contributed by atoms with Gasteiger partial charge in [0.1, 0.15) is 7.12 Å². The third kappa shape index (κ3) is 2.22. The van der Waals surface area contributed by atoms with Gasteiger partial charge in [0.2, 0.25) is 0 Å². The Labute approximate surface area is 104 Å². The quantitative estimate of drug-likeness (QED) is 0.710. The van der Waals surface area contributed by atoms with Gasteiger partial charge in [0.15, 0.2) is 0 Å². The lowest BCUT2D eigenvalue weighted by Crippen LogP contribution is -2.41. The molecule has 0 bridgehead atoms. The smallest absolute Gasteiger partial charge is 0.150 e. The lowest BCUT2D eigenvalue weighted by atomic mass is 9.66. The molecule has 2 rings (SSSR count). The summed E-state index contributed by atoms with van der Waals surface area (Å²) in [6.45, 7) is 10.1. The molecule has 0 aromatic carbocycles. The fraction of sp³-hybridized carbons (Fsp3) is 0.692. The Morgan fingerprint density at radius 3 is 2.18 bits per heavy atom. The average Bonchev–Trinajstić information content (AvgIpc) is 2.35. The molecule has 1 radical (unpaired) electrons. The molecule has 0 spiro atoms. The van der Waals surface area contributed by atoms with Crippen LogP contribution < -0.4 is 0 Å². The third-order valence-electron chi connectivity index (χ3n) is 4.00. The number of hydrogen-bond donors (Lipinski definition) is 1. The topological polar surface area (TPSA) is 38.7 Å². The van der Waals surface area contributed by atoms with Crippen LogP contribution in [0.4, 0.5) is 0 Å². The molecular weight excluding hydrogens is 215 g/mol. The molecule has 1 heterocycles. The predicted molar refractivity (Wildman–Crippen MR) is 68.7 cm³/mol. The zero-order valence-electron chi connectivity index (χ0n) is 11.2. The second-order valence-electron chi connectivity index (χ2n) is 5.96. The molecule has 95 valence electrons. The van der Waals surface area contributed by atoms with Gasteiger partial charge in [-0.2, -0.15) is 0 Å². The van der Waals surface area contributed by atoms with Crippen LogP contribution in [0.1, 0.15) is 34.6 Å². The van der Waals surface area contributed by atoms with E-state index in [-0.39, 0.29) is 24.1 Å². The standard InChI is InChI=1S/C13H21BO3/c1-9-6-7-10(11(15)8-9)14-16-12(2,3)13(4,5)17-14/h6-8,10-11,15H,1-5H3/q-1. The molecule has 2 aliphatic rings. The summed E-state index contributed by atoms with van der Waals surface area (Å²) in [7, 11) is -0.379. The molecule has 2 atom stereocenters. The van der Waals surface area contributed by atoms with Crippen LogP contribution in [0.2, 0.25) is 5.82 Å². The van der Waals surface area contributed by atoms with E-state index in [1.807, 2.05) is 52.8 Å². The third-order valence-corrected chi connectivity index (χ3v) is 4.00. The van der Waals surface area contributed by atoms with Gasteiger partial charge >= 0.3 is 0 Å². The molecular formula is C13H21BO3-. The van der Waals surface area contributed by atoms with Gasteiger partial charge in [0.25, 0.3) is 0 Å².